The predicted octanol–water partition coefficient (Wildman–Crippen LogP) is 4.41. The number of amides is 1. The van der Waals surface area contributed by atoms with Crippen LogP contribution < -0.4 is 0 Å². The Morgan fingerprint density at radius 1 is 1.00 bits per heavy atom. The topological polar surface area (TPSA) is 29.5 Å². The van der Waals surface area contributed by atoms with Gasteiger partial charge in [-0.15, -0.1) is 0 Å². The lowest BCUT2D eigenvalue weighted by molar-refractivity contribution is -0.135. The molecule has 2 aromatic carbocycles. The van der Waals surface area contributed by atoms with E-state index >= 15 is 0 Å². The minimum absolute atomic E-state index is 0.145. The van der Waals surface area contributed by atoms with Gasteiger partial charge in [-0.1, -0.05) is 60.7 Å². The molecule has 0 atom stereocenters. The highest BCUT2D eigenvalue weighted by atomic mass is 16.5. The third-order valence-corrected chi connectivity index (χ3v) is 5.77. The monoisotopic (exact) mass is 351 g/mol. The number of piperidine rings is 1. The normalized spacial score (nSPS) is 17.3. The molecular weight excluding hydrogens is 322 g/mol. The lowest BCUT2D eigenvalue weighted by Gasteiger charge is -2.44. The molecule has 0 radical (unpaired) electrons. The van der Waals surface area contributed by atoms with E-state index in [1.165, 1.54) is 11.1 Å². The fraction of sp³-hybridized carbons (Fsp3) is 0.435. The lowest BCUT2D eigenvalue weighted by atomic mass is 9.69. The fourth-order valence-electron chi connectivity index (χ4n) is 3.83. The van der Waals surface area contributed by atoms with Gasteiger partial charge in [-0.3, -0.25) is 4.79 Å². The van der Waals surface area contributed by atoms with E-state index in [0.29, 0.717) is 6.42 Å². The number of hydrogen-bond donors (Lipinski definition) is 0. The molecule has 3 nitrogen and oxygen atoms in total. The van der Waals surface area contributed by atoms with Gasteiger partial charge < -0.3 is 9.64 Å². The smallest absolute Gasteiger partial charge is 0.222 e. The van der Waals surface area contributed by atoms with Crippen LogP contribution in [0.3, 0.4) is 0 Å². The summed E-state index contributed by atoms with van der Waals surface area (Å²) in [6.07, 6.45) is 2.26. The highest BCUT2D eigenvalue weighted by Gasteiger charge is 2.41. The van der Waals surface area contributed by atoms with Crippen LogP contribution in [-0.2, 0) is 14.9 Å². The molecule has 26 heavy (non-hydrogen) atoms. The van der Waals surface area contributed by atoms with Crippen molar-refractivity contribution in [2.45, 2.75) is 44.1 Å². The third kappa shape index (κ3) is 3.83. The van der Waals surface area contributed by atoms with E-state index in [4.69, 9.17) is 4.74 Å². The molecule has 1 saturated heterocycles. The van der Waals surface area contributed by atoms with Crippen LogP contribution in [0.25, 0.3) is 0 Å². The average molecular weight is 351 g/mol. The summed E-state index contributed by atoms with van der Waals surface area (Å²) in [6, 6.07) is 21.2. The minimum atomic E-state index is -0.222. The number of rotatable bonds is 6. The maximum Gasteiger partial charge on any atom is 0.222 e. The summed E-state index contributed by atoms with van der Waals surface area (Å²) in [6.45, 7) is 5.59. The van der Waals surface area contributed by atoms with E-state index in [1.54, 1.807) is 7.11 Å². The van der Waals surface area contributed by atoms with Gasteiger partial charge in [0.15, 0.2) is 0 Å². The molecule has 1 fully saturated rings. The van der Waals surface area contributed by atoms with Gasteiger partial charge in [0.25, 0.3) is 0 Å². The first-order chi connectivity index (χ1) is 12.5. The Morgan fingerprint density at radius 3 is 2.04 bits per heavy atom. The maximum atomic E-state index is 12.6. The quantitative estimate of drug-likeness (QED) is 0.771. The van der Waals surface area contributed by atoms with E-state index < -0.39 is 0 Å². The van der Waals surface area contributed by atoms with E-state index in [0.717, 1.165) is 25.9 Å². The van der Waals surface area contributed by atoms with Gasteiger partial charge in [0, 0.05) is 32.0 Å². The van der Waals surface area contributed by atoms with Crippen molar-refractivity contribution in [3.05, 3.63) is 71.8 Å². The van der Waals surface area contributed by atoms with Gasteiger partial charge in [-0.05, 0) is 37.8 Å². The SMILES string of the molecule is COC(C)(C)CCN1CC(c2ccccc2)(c2ccccc2)CCC1=O. The van der Waals surface area contributed by atoms with Crippen molar-refractivity contribution >= 4 is 5.91 Å². The van der Waals surface area contributed by atoms with E-state index in [9.17, 15) is 4.79 Å². The highest BCUT2D eigenvalue weighted by molar-refractivity contribution is 5.78. The maximum absolute atomic E-state index is 12.6. The largest absolute Gasteiger partial charge is 0.379 e. The van der Waals surface area contributed by atoms with Crippen molar-refractivity contribution in [1.29, 1.82) is 0 Å². The van der Waals surface area contributed by atoms with Gasteiger partial charge in [-0.25, -0.2) is 0 Å². The number of ether oxygens (including phenoxy) is 1. The Labute approximate surface area is 157 Å². The van der Waals surface area contributed by atoms with Crippen LogP contribution in [0.15, 0.2) is 60.7 Å². The zero-order valence-corrected chi connectivity index (χ0v) is 16.1. The van der Waals surface area contributed by atoms with Crippen molar-refractivity contribution < 1.29 is 9.53 Å². The van der Waals surface area contributed by atoms with Crippen molar-refractivity contribution in [2.75, 3.05) is 20.2 Å². The Balaban J connectivity index is 1.93. The van der Waals surface area contributed by atoms with Crippen molar-refractivity contribution in [1.82, 2.24) is 4.90 Å². The van der Waals surface area contributed by atoms with Crippen LogP contribution in [0.2, 0.25) is 0 Å². The van der Waals surface area contributed by atoms with E-state index in [2.05, 4.69) is 74.5 Å². The second kappa shape index (κ2) is 7.63. The molecule has 3 rings (SSSR count). The van der Waals surface area contributed by atoms with Crippen molar-refractivity contribution in [3.8, 4) is 0 Å². The standard InChI is InChI=1S/C23H29NO2/c1-22(2,26-3)16-17-24-18-23(15-14-21(24)25,19-10-6-4-7-11-19)20-12-8-5-9-13-20/h4-13H,14-18H2,1-3H3. The fourth-order valence-corrected chi connectivity index (χ4v) is 3.83. The molecule has 3 heteroatoms. The van der Waals surface area contributed by atoms with Crippen LogP contribution >= 0.6 is 0 Å². The number of methoxy groups -OCH3 is 1. The molecule has 0 unspecified atom stereocenters. The molecule has 1 amide bonds. The lowest BCUT2D eigenvalue weighted by Crippen LogP contribution is -2.50. The first-order valence-electron chi connectivity index (χ1n) is 9.41. The zero-order chi connectivity index (χ0) is 18.6. The Bertz CT molecular complexity index is 685. The highest BCUT2D eigenvalue weighted by Crippen LogP contribution is 2.40. The molecule has 0 spiro atoms. The molecule has 0 aromatic heterocycles. The van der Waals surface area contributed by atoms with E-state index in [1.807, 2.05) is 4.90 Å². The Morgan fingerprint density at radius 2 is 1.54 bits per heavy atom. The summed E-state index contributed by atoms with van der Waals surface area (Å²) in [7, 11) is 1.73. The number of hydrogen-bond acceptors (Lipinski definition) is 2. The van der Waals surface area contributed by atoms with Crippen molar-refractivity contribution in [2.24, 2.45) is 0 Å². The molecule has 1 heterocycles. The summed E-state index contributed by atoms with van der Waals surface area (Å²) in [5.74, 6) is 0.249. The van der Waals surface area contributed by atoms with Crippen LogP contribution in [0.5, 0.6) is 0 Å². The molecule has 0 saturated carbocycles. The van der Waals surface area contributed by atoms with Gasteiger partial charge in [-0.2, -0.15) is 0 Å². The number of carbonyl (C=O) groups is 1. The molecular formula is C23H29NO2. The van der Waals surface area contributed by atoms with E-state index in [-0.39, 0.29) is 16.9 Å². The molecule has 0 N–H and O–H groups in total. The van der Waals surface area contributed by atoms with Crippen LogP contribution in [0.1, 0.15) is 44.2 Å². The molecule has 1 aliphatic heterocycles. The number of likely N-dealkylation sites (tertiary alicyclic amines) is 1. The third-order valence-electron chi connectivity index (χ3n) is 5.77. The summed E-state index contributed by atoms with van der Waals surface area (Å²) >= 11 is 0. The average Bonchev–Trinajstić information content (AvgIpc) is 2.69. The Hall–Kier alpha value is -2.13. The van der Waals surface area contributed by atoms with Crippen molar-refractivity contribution in [3.63, 3.8) is 0 Å². The predicted molar refractivity (Wildman–Crippen MR) is 105 cm³/mol. The second-order valence-electron chi connectivity index (χ2n) is 7.84. The van der Waals surface area contributed by atoms with Crippen LogP contribution in [0.4, 0.5) is 0 Å². The van der Waals surface area contributed by atoms with Gasteiger partial charge in [0.05, 0.1) is 5.60 Å². The summed E-state index contributed by atoms with van der Waals surface area (Å²) in [4.78, 5) is 14.7. The number of carbonyl (C=O) groups excluding carboxylic acids is 1. The van der Waals surface area contributed by atoms with Crippen LogP contribution in [-0.4, -0.2) is 36.6 Å². The first-order valence-corrected chi connectivity index (χ1v) is 9.41. The summed E-state index contributed by atoms with van der Waals surface area (Å²) in [5.41, 5.74) is 2.21. The van der Waals surface area contributed by atoms with Gasteiger partial charge in [0.1, 0.15) is 0 Å². The summed E-state index contributed by atoms with van der Waals surface area (Å²) in [5, 5.41) is 0. The van der Waals surface area contributed by atoms with Crippen LogP contribution in [0, 0.1) is 0 Å². The minimum Gasteiger partial charge on any atom is -0.379 e. The summed E-state index contributed by atoms with van der Waals surface area (Å²) < 4.78 is 5.55. The van der Waals surface area contributed by atoms with Gasteiger partial charge >= 0.3 is 0 Å². The number of nitrogens with zero attached hydrogens (tertiary/aromatic N) is 1. The zero-order valence-electron chi connectivity index (χ0n) is 16.1. The Kier molecular flexibility index (Phi) is 5.47. The molecule has 0 aliphatic carbocycles. The van der Waals surface area contributed by atoms with Gasteiger partial charge in [0.2, 0.25) is 5.91 Å². The number of benzene rings is 2. The molecule has 2 aromatic rings. The molecule has 138 valence electrons. The molecule has 0 bridgehead atoms. The molecule has 1 aliphatic rings. The second-order valence-corrected chi connectivity index (χ2v) is 7.84. The first kappa shape index (κ1) is 18.7.